The van der Waals surface area contributed by atoms with Crippen molar-refractivity contribution in [1.29, 1.82) is 0 Å². The van der Waals surface area contributed by atoms with Crippen molar-refractivity contribution in [3.05, 3.63) is 116 Å². The van der Waals surface area contributed by atoms with Crippen LogP contribution in [-0.2, 0) is 18.4 Å². The Morgan fingerprint density at radius 2 is 1.72 bits per heavy atom. The van der Waals surface area contributed by atoms with E-state index in [2.05, 4.69) is 52.1 Å². The summed E-state index contributed by atoms with van der Waals surface area (Å²) in [7, 11) is 0. The molecule has 0 saturated carbocycles. The van der Waals surface area contributed by atoms with Crippen LogP contribution < -0.4 is 5.56 Å². The molecule has 8 heteroatoms. The summed E-state index contributed by atoms with van der Waals surface area (Å²) in [6, 6.07) is 25.6. The Morgan fingerprint density at radius 1 is 1.00 bits per heavy atom. The van der Waals surface area contributed by atoms with Crippen molar-refractivity contribution in [2.75, 3.05) is 5.75 Å². The maximum Gasteiger partial charge on any atom is 0.259 e. The van der Waals surface area contributed by atoms with Gasteiger partial charge in [0.05, 0.1) is 18.0 Å². The van der Waals surface area contributed by atoms with E-state index in [1.54, 1.807) is 4.57 Å². The van der Waals surface area contributed by atoms with Gasteiger partial charge in [0.1, 0.15) is 0 Å². The van der Waals surface area contributed by atoms with Gasteiger partial charge < -0.3 is 0 Å². The highest BCUT2D eigenvalue weighted by molar-refractivity contribution is 9.10. The third-order valence-corrected chi connectivity index (χ3v) is 9.15. The number of thioether (sulfide) groups is 1. The predicted molar refractivity (Wildman–Crippen MR) is 159 cm³/mol. The minimum Gasteiger partial charge on any atom is -0.293 e. The number of Topliss-reactive ketones (excluding diaryl/α,β-unsaturated/α-hetero) is 1. The summed E-state index contributed by atoms with van der Waals surface area (Å²) in [6.07, 6.45) is 1.60. The van der Waals surface area contributed by atoms with Gasteiger partial charge in [0.15, 0.2) is 10.9 Å². The standard InChI is InChI=1S/C31H27BrN4O2S/c1-3-31(2)17-22-11-7-8-12-24(22)27-26(31)28(38)35(18-20-9-5-4-6-10-20)29-33-34-30(36(27)29)39-19-25(37)21-13-15-23(32)16-14-21/h4-16H,3,17-19H2,1-2H3/t31-/m0/s1. The normalized spacial score (nSPS) is 16.2. The van der Waals surface area contributed by atoms with Crippen molar-refractivity contribution in [2.45, 2.75) is 43.8 Å². The largest absolute Gasteiger partial charge is 0.293 e. The van der Waals surface area contributed by atoms with E-state index in [4.69, 9.17) is 0 Å². The summed E-state index contributed by atoms with van der Waals surface area (Å²) in [5.41, 5.74) is 5.12. The number of hydrogen-bond donors (Lipinski definition) is 0. The quantitative estimate of drug-likeness (QED) is 0.156. The Kier molecular flexibility index (Phi) is 6.77. The summed E-state index contributed by atoms with van der Waals surface area (Å²) < 4.78 is 4.67. The molecule has 0 fully saturated rings. The monoisotopic (exact) mass is 598 g/mol. The second-order valence-electron chi connectivity index (χ2n) is 10.2. The molecule has 0 N–H and O–H groups in total. The molecular formula is C31H27BrN4O2S. The molecule has 6 nitrogen and oxygen atoms in total. The summed E-state index contributed by atoms with van der Waals surface area (Å²) >= 11 is 4.78. The highest BCUT2D eigenvalue weighted by Gasteiger charge is 2.39. The van der Waals surface area contributed by atoms with Gasteiger partial charge in [-0.15, -0.1) is 10.2 Å². The smallest absolute Gasteiger partial charge is 0.259 e. The lowest BCUT2D eigenvalue weighted by Crippen LogP contribution is -2.40. The Balaban J connectivity index is 1.55. The van der Waals surface area contributed by atoms with Crippen LogP contribution in [0.5, 0.6) is 0 Å². The summed E-state index contributed by atoms with van der Waals surface area (Å²) in [5.74, 6) is 0.702. The van der Waals surface area contributed by atoms with Crippen molar-refractivity contribution in [1.82, 2.24) is 19.2 Å². The fourth-order valence-corrected chi connectivity index (χ4v) is 6.53. The van der Waals surface area contributed by atoms with Crippen molar-refractivity contribution in [3.8, 4) is 11.3 Å². The fourth-order valence-electron chi connectivity index (χ4n) is 5.44. The molecule has 5 aromatic rings. The first-order valence-electron chi connectivity index (χ1n) is 13.0. The molecule has 0 aliphatic heterocycles. The Morgan fingerprint density at radius 3 is 2.46 bits per heavy atom. The van der Waals surface area contributed by atoms with Crippen molar-refractivity contribution >= 4 is 39.3 Å². The van der Waals surface area contributed by atoms with Gasteiger partial charge in [0.2, 0.25) is 5.78 Å². The van der Waals surface area contributed by atoms with E-state index in [9.17, 15) is 9.59 Å². The van der Waals surface area contributed by atoms with Crippen LogP contribution in [0, 0.1) is 0 Å². The van der Waals surface area contributed by atoms with Gasteiger partial charge in [0, 0.05) is 26.6 Å². The fraction of sp³-hybridized carbons (Fsp3) is 0.226. The Bertz CT molecular complexity index is 1760. The average molecular weight is 600 g/mol. The topological polar surface area (TPSA) is 69.3 Å². The van der Waals surface area contributed by atoms with Crippen LogP contribution in [0.15, 0.2) is 93.3 Å². The number of benzene rings is 3. The molecule has 0 bridgehead atoms. The van der Waals surface area contributed by atoms with Gasteiger partial charge in [0.25, 0.3) is 5.56 Å². The second kappa shape index (κ2) is 10.2. The van der Waals surface area contributed by atoms with E-state index in [0.29, 0.717) is 23.0 Å². The lowest BCUT2D eigenvalue weighted by atomic mass is 9.69. The molecule has 2 aromatic heterocycles. The number of ketones is 1. The first-order valence-corrected chi connectivity index (χ1v) is 14.7. The van der Waals surface area contributed by atoms with Crippen molar-refractivity contribution in [2.24, 2.45) is 0 Å². The molecule has 0 saturated heterocycles. The van der Waals surface area contributed by atoms with Crippen LogP contribution in [0.2, 0.25) is 0 Å². The molecule has 196 valence electrons. The predicted octanol–water partition coefficient (Wildman–Crippen LogP) is 6.57. The Labute approximate surface area is 239 Å². The van der Waals surface area contributed by atoms with Crippen LogP contribution in [0.3, 0.4) is 0 Å². The van der Waals surface area contributed by atoms with E-state index in [-0.39, 0.29) is 22.5 Å². The SMILES string of the molecule is CC[C@@]1(C)Cc2ccccc2-c2c1c(=O)n(Cc1ccccc1)c1nnc(SCC(=O)c3ccc(Br)cc3)n21. The van der Waals surface area contributed by atoms with Gasteiger partial charge in [-0.1, -0.05) is 108 Å². The van der Waals surface area contributed by atoms with Crippen molar-refractivity contribution in [3.63, 3.8) is 0 Å². The zero-order valence-electron chi connectivity index (χ0n) is 21.7. The van der Waals surface area contributed by atoms with Gasteiger partial charge in [-0.2, -0.15) is 0 Å². The average Bonchev–Trinajstić information content (AvgIpc) is 3.38. The van der Waals surface area contributed by atoms with Gasteiger partial charge >= 0.3 is 0 Å². The van der Waals surface area contributed by atoms with Crippen LogP contribution in [0.1, 0.15) is 47.3 Å². The third kappa shape index (κ3) is 4.55. The molecule has 39 heavy (non-hydrogen) atoms. The number of hydrogen-bond acceptors (Lipinski definition) is 5. The highest BCUT2D eigenvalue weighted by atomic mass is 79.9. The van der Waals surface area contributed by atoms with Gasteiger partial charge in [-0.25, -0.2) is 0 Å². The van der Waals surface area contributed by atoms with Crippen LogP contribution in [0.25, 0.3) is 17.0 Å². The minimum absolute atomic E-state index is 0.00882. The zero-order chi connectivity index (χ0) is 27.1. The van der Waals surface area contributed by atoms with E-state index in [1.807, 2.05) is 71.1 Å². The summed E-state index contributed by atoms with van der Waals surface area (Å²) in [4.78, 5) is 27.4. The van der Waals surface area contributed by atoms with Gasteiger partial charge in [-0.05, 0) is 36.1 Å². The molecule has 1 atom stereocenters. The number of rotatable bonds is 7. The second-order valence-corrected chi connectivity index (χ2v) is 12.0. The van der Waals surface area contributed by atoms with E-state index in [1.165, 1.54) is 17.3 Å². The first kappa shape index (κ1) is 25.8. The number of halogens is 1. The Hall–Kier alpha value is -3.49. The maximum atomic E-state index is 14.3. The number of aromatic nitrogens is 4. The van der Waals surface area contributed by atoms with E-state index < -0.39 is 0 Å². The third-order valence-electron chi connectivity index (χ3n) is 7.70. The van der Waals surface area contributed by atoms with Gasteiger partial charge in [-0.3, -0.25) is 18.6 Å². The number of fused-ring (bicyclic) bond motifs is 5. The van der Waals surface area contributed by atoms with E-state index in [0.717, 1.165) is 39.7 Å². The van der Waals surface area contributed by atoms with Crippen LogP contribution in [-0.4, -0.2) is 30.7 Å². The molecule has 0 amide bonds. The summed E-state index contributed by atoms with van der Waals surface area (Å²) in [6.45, 7) is 4.70. The molecule has 0 unspecified atom stereocenters. The minimum atomic E-state index is -0.354. The number of nitrogens with zero attached hydrogens (tertiary/aromatic N) is 4. The lowest BCUT2D eigenvalue weighted by Gasteiger charge is -2.36. The molecule has 1 aliphatic rings. The first-order chi connectivity index (χ1) is 18.9. The molecular weight excluding hydrogens is 572 g/mol. The zero-order valence-corrected chi connectivity index (χ0v) is 24.1. The maximum absolute atomic E-state index is 14.3. The summed E-state index contributed by atoms with van der Waals surface area (Å²) in [5, 5.41) is 9.66. The molecule has 0 radical (unpaired) electrons. The number of carbonyl (C=O) groups excluding carboxylic acids is 1. The molecule has 0 spiro atoms. The molecule has 6 rings (SSSR count). The molecule has 3 aromatic carbocycles. The number of carbonyl (C=O) groups is 1. The lowest BCUT2D eigenvalue weighted by molar-refractivity contribution is 0.102. The van der Waals surface area contributed by atoms with E-state index >= 15 is 0 Å². The van der Waals surface area contributed by atoms with Crippen molar-refractivity contribution < 1.29 is 4.79 Å². The van der Waals surface area contributed by atoms with Crippen LogP contribution in [0.4, 0.5) is 0 Å². The highest BCUT2D eigenvalue weighted by Crippen LogP contribution is 2.44. The molecule has 1 aliphatic carbocycles. The molecule has 2 heterocycles. The van der Waals surface area contributed by atoms with Crippen LogP contribution >= 0.6 is 27.7 Å².